The second-order valence-corrected chi connectivity index (χ2v) is 4.91. The Labute approximate surface area is 123 Å². The molecule has 1 atom stereocenters. The SMILES string of the molecule is Cc1cc(NC(=O)N[C@@H](CC(=O)O)C(=O)O)ccc1Br. The first-order chi connectivity index (χ1) is 9.29. The number of anilines is 1. The minimum Gasteiger partial charge on any atom is -0.481 e. The first-order valence-electron chi connectivity index (χ1n) is 5.58. The number of carboxylic acids is 2. The molecule has 108 valence electrons. The Morgan fingerprint density at radius 3 is 2.45 bits per heavy atom. The smallest absolute Gasteiger partial charge is 0.326 e. The van der Waals surface area contributed by atoms with Crippen LogP contribution in [-0.2, 0) is 9.59 Å². The van der Waals surface area contributed by atoms with Crippen molar-refractivity contribution in [3.8, 4) is 0 Å². The molecule has 1 aromatic rings. The van der Waals surface area contributed by atoms with E-state index in [9.17, 15) is 14.4 Å². The first-order valence-corrected chi connectivity index (χ1v) is 6.37. The van der Waals surface area contributed by atoms with Crippen LogP contribution >= 0.6 is 15.9 Å². The molecule has 0 radical (unpaired) electrons. The summed E-state index contributed by atoms with van der Waals surface area (Å²) in [5, 5.41) is 21.9. The molecule has 0 saturated carbocycles. The summed E-state index contributed by atoms with van der Waals surface area (Å²) in [6.07, 6.45) is -0.692. The standard InChI is InChI=1S/C12H13BrN2O5/c1-6-4-7(2-3-8(6)13)14-12(20)15-9(11(18)19)5-10(16)17/h2-4,9H,5H2,1H3,(H,16,17)(H,18,19)(H2,14,15,20)/t9-/m0/s1. The van der Waals surface area contributed by atoms with E-state index in [0.29, 0.717) is 5.69 Å². The molecule has 8 heteroatoms. The number of aliphatic carboxylic acids is 2. The topological polar surface area (TPSA) is 116 Å². The normalized spacial score (nSPS) is 11.5. The zero-order valence-corrected chi connectivity index (χ0v) is 12.1. The molecule has 1 aromatic carbocycles. The third kappa shape index (κ3) is 4.88. The minimum absolute atomic E-state index is 0.475. The Hall–Kier alpha value is -2.09. The van der Waals surface area contributed by atoms with Crippen LogP contribution in [0, 0.1) is 6.92 Å². The maximum Gasteiger partial charge on any atom is 0.326 e. The van der Waals surface area contributed by atoms with Crippen molar-refractivity contribution < 1.29 is 24.6 Å². The van der Waals surface area contributed by atoms with E-state index in [4.69, 9.17) is 10.2 Å². The van der Waals surface area contributed by atoms with Gasteiger partial charge < -0.3 is 20.8 Å². The number of halogens is 1. The van der Waals surface area contributed by atoms with Gasteiger partial charge in [-0.1, -0.05) is 15.9 Å². The van der Waals surface area contributed by atoms with E-state index in [-0.39, 0.29) is 0 Å². The van der Waals surface area contributed by atoms with Gasteiger partial charge in [-0.15, -0.1) is 0 Å². The van der Waals surface area contributed by atoms with Crippen LogP contribution in [0.4, 0.5) is 10.5 Å². The van der Waals surface area contributed by atoms with Crippen LogP contribution in [-0.4, -0.2) is 34.2 Å². The van der Waals surface area contributed by atoms with Crippen molar-refractivity contribution in [2.45, 2.75) is 19.4 Å². The second-order valence-electron chi connectivity index (χ2n) is 4.05. The van der Waals surface area contributed by atoms with Crippen LogP contribution in [0.5, 0.6) is 0 Å². The summed E-state index contributed by atoms with van der Waals surface area (Å²) in [6.45, 7) is 1.83. The molecule has 0 aliphatic carbocycles. The summed E-state index contributed by atoms with van der Waals surface area (Å²) in [5.74, 6) is -2.72. The van der Waals surface area contributed by atoms with Gasteiger partial charge in [0.25, 0.3) is 0 Å². The van der Waals surface area contributed by atoms with Crippen LogP contribution in [0.3, 0.4) is 0 Å². The molecule has 0 heterocycles. The number of benzene rings is 1. The van der Waals surface area contributed by atoms with E-state index in [0.717, 1.165) is 10.0 Å². The molecule has 0 unspecified atom stereocenters. The Bertz CT molecular complexity index is 547. The highest BCUT2D eigenvalue weighted by molar-refractivity contribution is 9.10. The lowest BCUT2D eigenvalue weighted by molar-refractivity contribution is -0.145. The molecule has 0 aliphatic rings. The summed E-state index contributed by atoms with van der Waals surface area (Å²) in [6, 6.07) is 2.79. The summed E-state index contributed by atoms with van der Waals surface area (Å²) in [7, 11) is 0. The molecular formula is C12H13BrN2O5. The Kier molecular flexibility index (Phi) is 5.51. The van der Waals surface area contributed by atoms with Crippen LogP contribution in [0.25, 0.3) is 0 Å². The van der Waals surface area contributed by atoms with Crippen molar-refractivity contribution in [2.24, 2.45) is 0 Å². The largest absolute Gasteiger partial charge is 0.481 e. The maximum absolute atomic E-state index is 11.6. The third-order valence-corrected chi connectivity index (χ3v) is 3.29. The summed E-state index contributed by atoms with van der Waals surface area (Å²) in [5.41, 5.74) is 1.37. The zero-order valence-electron chi connectivity index (χ0n) is 10.5. The molecule has 4 N–H and O–H groups in total. The average Bonchev–Trinajstić information content (AvgIpc) is 2.32. The highest BCUT2D eigenvalue weighted by Crippen LogP contribution is 2.19. The van der Waals surface area contributed by atoms with Crippen molar-refractivity contribution >= 4 is 39.6 Å². The molecule has 0 spiro atoms. The van der Waals surface area contributed by atoms with Crippen molar-refractivity contribution in [3.63, 3.8) is 0 Å². The van der Waals surface area contributed by atoms with Crippen molar-refractivity contribution in [3.05, 3.63) is 28.2 Å². The van der Waals surface area contributed by atoms with Gasteiger partial charge in [0, 0.05) is 10.2 Å². The Morgan fingerprint density at radius 2 is 1.95 bits per heavy atom. The Morgan fingerprint density at radius 1 is 1.30 bits per heavy atom. The van der Waals surface area contributed by atoms with Gasteiger partial charge in [-0.2, -0.15) is 0 Å². The summed E-state index contributed by atoms with van der Waals surface area (Å²) < 4.78 is 0.873. The van der Waals surface area contributed by atoms with Gasteiger partial charge in [0.2, 0.25) is 0 Å². The predicted molar refractivity (Wildman–Crippen MR) is 74.7 cm³/mol. The second kappa shape index (κ2) is 6.90. The van der Waals surface area contributed by atoms with E-state index < -0.39 is 30.4 Å². The lowest BCUT2D eigenvalue weighted by Gasteiger charge is -2.13. The average molecular weight is 345 g/mol. The van der Waals surface area contributed by atoms with Gasteiger partial charge in [-0.05, 0) is 30.7 Å². The van der Waals surface area contributed by atoms with E-state index in [1.807, 2.05) is 6.92 Å². The van der Waals surface area contributed by atoms with Crippen molar-refractivity contribution in [1.82, 2.24) is 5.32 Å². The van der Waals surface area contributed by atoms with E-state index in [2.05, 4.69) is 26.6 Å². The molecular weight excluding hydrogens is 332 g/mol. The third-order valence-electron chi connectivity index (χ3n) is 2.40. The van der Waals surface area contributed by atoms with Gasteiger partial charge in [-0.3, -0.25) is 4.79 Å². The fraction of sp³-hybridized carbons (Fsp3) is 0.250. The van der Waals surface area contributed by atoms with Crippen molar-refractivity contribution in [1.29, 1.82) is 0 Å². The van der Waals surface area contributed by atoms with Gasteiger partial charge >= 0.3 is 18.0 Å². The number of hydrogen-bond acceptors (Lipinski definition) is 3. The van der Waals surface area contributed by atoms with Crippen LogP contribution in [0.2, 0.25) is 0 Å². The number of urea groups is 1. The molecule has 20 heavy (non-hydrogen) atoms. The number of carbonyl (C=O) groups excluding carboxylic acids is 1. The van der Waals surface area contributed by atoms with Gasteiger partial charge in [0.1, 0.15) is 6.04 Å². The highest BCUT2D eigenvalue weighted by Gasteiger charge is 2.22. The van der Waals surface area contributed by atoms with E-state index in [1.54, 1.807) is 18.2 Å². The number of carboxylic acid groups (broad SMARTS) is 2. The molecule has 0 bridgehead atoms. The number of carbonyl (C=O) groups is 3. The quantitative estimate of drug-likeness (QED) is 0.650. The fourth-order valence-electron chi connectivity index (χ4n) is 1.42. The first kappa shape index (κ1) is 16.0. The number of nitrogens with one attached hydrogen (secondary N) is 2. The zero-order chi connectivity index (χ0) is 15.3. The molecule has 0 aromatic heterocycles. The monoisotopic (exact) mass is 344 g/mol. The number of aryl methyl sites for hydroxylation is 1. The summed E-state index contributed by atoms with van der Waals surface area (Å²) in [4.78, 5) is 32.9. The molecule has 7 nitrogen and oxygen atoms in total. The fourth-order valence-corrected chi connectivity index (χ4v) is 1.67. The summed E-state index contributed by atoms with van der Waals surface area (Å²) >= 11 is 3.31. The molecule has 0 fully saturated rings. The Balaban J connectivity index is 2.67. The molecule has 0 aliphatic heterocycles. The minimum atomic E-state index is -1.48. The van der Waals surface area contributed by atoms with Crippen LogP contribution in [0.15, 0.2) is 22.7 Å². The maximum atomic E-state index is 11.6. The molecule has 0 saturated heterocycles. The lowest BCUT2D eigenvalue weighted by Crippen LogP contribution is -2.44. The van der Waals surface area contributed by atoms with Gasteiger partial charge in [0.05, 0.1) is 6.42 Å². The lowest BCUT2D eigenvalue weighted by atomic mass is 10.2. The van der Waals surface area contributed by atoms with Crippen LogP contribution < -0.4 is 10.6 Å². The van der Waals surface area contributed by atoms with Gasteiger partial charge in [0.15, 0.2) is 0 Å². The highest BCUT2D eigenvalue weighted by atomic mass is 79.9. The number of rotatable bonds is 5. The van der Waals surface area contributed by atoms with E-state index >= 15 is 0 Å². The number of amides is 2. The van der Waals surface area contributed by atoms with Crippen LogP contribution in [0.1, 0.15) is 12.0 Å². The molecule has 1 rings (SSSR count). The predicted octanol–water partition coefficient (Wildman–Crippen LogP) is 1.81. The molecule has 2 amide bonds. The van der Waals surface area contributed by atoms with Crippen molar-refractivity contribution in [2.75, 3.05) is 5.32 Å². The van der Waals surface area contributed by atoms with Gasteiger partial charge in [-0.25, -0.2) is 9.59 Å². The number of hydrogen-bond donors (Lipinski definition) is 4. The van der Waals surface area contributed by atoms with E-state index in [1.165, 1.54) is 0 Å².